The average Bonchev–Trinajstić information content (AvgIpc) is 2.50. The van der Waals surface area contributed by atoms with Gasteiger partial charge in [0.05, 0.1) is 26.7 Å². The molecule has 0 aromatic heterocycles. The Hall–Kier alpha value is -0.650. The van der Waals surface area contributed by atoms with Crippen LogP contribution in [0.15, 0.2) is 0 Å². The van der Waals surface area contributed by atoms with Crippen molar-refractivity contribution in [2.24, 2.45) is 0 Å². The van der Waals surface area contributed by atoms with Gasteiger partial charge in [0.25, 0.3) is 0 Å². The van der Waals surface area contributed by atoms with Crippen LogP contribution < -0.4 is 0 Å². The third-order valence-corrected chi connectivity index (χ3v) is 4.63. The van der Waals surface area contributed by atoms with E-state index in [4.69, 9.17) is 10.4 Å². The van der Waals surface area contributed by atoms with Gasteiger partial charge in [-0.15, -0.1) is 0 Å². The highest BCUT2D eigenvalue weighted by Gasteiger charge is 2.20. The largest absolute Gasteiger partial charge is 0.477 e. The highest BCUT2D eigenvalue weighted by molar-refractivity contribution is 5.67. The van der Waals surface area contributed by atoms with Gasteiger partial charge in [-0.2, -0.15) is 0 Å². The predicted molar refractivity (Wildman–Crippen MR) is 98.1 cm³/mol. The lowest BCUT2D eigenvalue weighted by Gasteiger charge is -2.28. The molecule has 0 heterocycles. The van der Waals surface area contributed by atoms with Gasteiger partial charge in [-0.25, -0.2) is 9.68 Å². The molecule has 0 aromatic carbocycles. The number of carbonyl (C=O) groups is 1. The van der Waals surface area contributed by atoms with Gasteiger partial charge in [0.1, 0.15) is 0 Å². The van der Waals surface area contributed by atoms with Crippen molar-refractivity contribution in [3.05, 3.63) is 0 Å². The minimum atomic E-state index is -0.773. The van der Waals surface area contributed by atoms with E-state index >= 15 is 0 Å². The van der Waals surface area contributed by atoms with E-state index in [1.165, 1.54) is 51.4 Å². The molecular formula is C19H40NO4+. The van der Waals surface area contributed by atoms with Gasteiger partial charge in [-0.3, -0.25) is 5.26 Å². The van der Waals surface area contributed by atoms with Gasteiger partial charge in [-0.1, -0.05) is 64.7 Å². The average molecular weight is 347 g/mol. The lowest BCUT2D eigenvalue weighted by Crippen LogP contribution is -2.44. The second kappa shape index (κ2) is 14.7. The van der Waals surface area contributed by atoms with Crippen LogP contribution in [0.4, 0.5) is 0 Å². The summed E-state index contributed by atoms with van der Waals surface area (Å²) in [5, 5.41) is 17.9. The maximum Gasteiger partial charge on any atom is 0.359 e. The fourth-order valence-electron chi connectivity index (χ4n) is 3.12. The molecule has 0 radical (unpaired) electrons. The molecule has 1 atom stereocenters. The molecule has 0 saturated carbocycles. The number of rotatable bonds is 17. The third kappa shape index (κ3) is 14.9. The quantitative estimate of drug-likeness (QED) is 0.173. The highest BCUT2D eigenvalue weighted by Crippen LogP contribution is 2.15. The molecule has 5 heteroatoms. The molecule has 0 saturated heterocycles. The topological polar surface area (TPSA) is 66.8 Å². The minimum Gasteiger partial charge on any atom is -0.477 e. The van der Waals surface area contributed by atoms with Crippen molar-refractivity contribution in [1.29, 1.82) is 0 Å². The summed E-state index contributed by atoms with van der Waals surface area (Å²) >= 11 is 0. The van der Waals surface area contributed by atoms with E-state index in [2.05, 4.69) is 11.8 Å². The maximum absolute atomic E-state index is 10.8. The number of aliphatic carboxylic acids is 1. The van der Waals surface area contributed by atoms with Crippen molar-refractivity contribution >= 4 is 5.97 Å². The molecule has 0 aliphatic rings. The van der Waals surface area contributed by atoms with E-state index in [1.54, 1.807) is 0 Å². The van der Waals surface area contributed by atoms with Gasteiger partial charge in [0, 0.05) is 0 Å². The minimum absolute atomic E-state index is 0.112. The van der Waals surface area contributed by atoms with Crippen molar-refractivity contribution in [3.63, 3.8) is 0 Å². The Morgan fingerprint density at radius 2 is 1.42 bits per heavy atom. The molecule has 2 N–H and O–H groups in total. The molecule has 0 fully saturated rings. The molecule has 0 amide bonds. The lowest BCUT2D eigenvalue weighted by atomic mass is 10.0. The number of unbranched alkanes of at least 4 members (excludes halogenated alkanes) is 8. The molecule has 0 aliphatic carbocycles. The smallest absolute Gasteiger partial charge is 0.359 e. The van der Waals surface area contributed by atoms with Crippen molar-refractivity contribution < 1.29 is 24.5 Å². The Bertz CT molecular complexity index is 308. The van der Waals surface area contributed by atoms with Gasteiger partial charge < -0.3 is 9.59 Å². The summed E-state index contributed by atoms with van der Waals surface area (Å²) in [6, 6.07) is 0. The number of likely N-dealkylation sites (N-methyl/N-ethyl adjacent to an activating group) is 1. The second-order valence-corrected chi connectivity index (χ2v) is 7.70. The van der Waals surface area contributed by atoms with Gasteiger partial charge in [-0.05, 0) is 19.3 Å². The standard InChI is InChI=1S/C19H39NO4/c1-4-5-6-7-8-9-10-11-12-14-18(24-23)15-13-16-20(2,3)17-19(21)22/h18H,4-17H2,1-3H3,(H-,21,22,23)/p+1. The summed E-state index contributed by atoms with van der Waals surface area (Å²) in [6.45, 7) is 3.15. The number of quaternary nitrogens is 1. The van der Waals surface area contributed by atoms with Crippen LogP contribution in [-0.4, -0.2) is 54.1 Å². The van der Waals surface area contributed by atoms with E-state index in [0.717, 1.165) is 32.2 Å². The molecule has 0 aliphatic heterocycles. The van der Waals surface area contributed by atoms with E-state index in [0.29, 0.717) is 4.48 Å². The Morgan fingerprint density at radius 3 is 1.92 bits per heavy atom. The summed E-state index contributed by atoms with van der Waals surface area (Å²) < 4.78 is 0.464. The van der Waals surface area contributed by atoms with Crippen LogP contribution >= 0.6 is 0 Å². The predicted octanol–water partition coefficient (Wildman–Crippen LogP) is 4.71. The monoisotopic (exact) mass is 346 g/mol. The number of hydrogen-bond donors (Lipinski definition) is 2. The lowest BCUT2D eigenvalue weighted by molar-refractivity contribution is -0.883. The first-order valence-electron chi connectivity index (χ1n) is 9.75. The molecule has 0 aromatic rings. The summed E-state index contributed by atoms with van der Waals surface area (Å²) in [5.41, 5.74) is 0. The zero-order chi connectivity index (χ0) is 18.3. The normalized spacial score (nSPS) is 13.2. The number of nitrogens with zero attached hydrogens (tertiary/aromatic N) is 1. The number of hydrogen-bond acceptors (Lipinski definition) is 3. The Kier molecular flexibility index (Phi) is 14.3. The molecule has 0 rings (SSSR count). The Balaban J connectivity index is 3.61. The van der Waals surface area contributed by atoms with Crippen LogP contribution in [0.25, 0.3) is 0 Å². The molecule has 0 spiro atoms. The summed E-state index contributed by atoms with van der Waals surface area (Å²) in [4.78, 5) is 15.4. The SMILES string of the molecule is CCCCCCCCCCCC(CCC[N+](C)(C)CC(=O)O)OO. The zero-order valence-electron chi connectivity index (χ0n) is 16.1. The van der Waals surface area contributed by atoms with Gasteiger partial charge >= 0.3 is 5.97 Å². The van der Waals surface area contributed by atoms with Crippen LogP contribution in [-0.2, 0) is 9.68 Å². The van der Waals surface area contributed by atoms with E-state index < -0.39 is 5.97 Å². The van der Waals surface area contributed by atoms with Crippen LogP contribution in [0.1, 0.15) is 84.0 Å². The third-order valence-electron chi connectivity index (χ3n) is 4.63. The van der Waals surface area contributed by atoms with Gasteiger partial charge in [0.2, 0.25) is 0 Å². The van der Waals surface area contributed by atoms with Crippen molar-refractivity contribution in [3.8, 4) is 0 Å². The fourth-order valence-corrected chi connectivity index (χ4v) is 3.12. The second-order valence-electron chi connectivity index (χ2n) is 7.70. The van der Waals surface area contributed by atoms with Crippen molar-refractivity contribution in [2.45, 2.75) is 90.1 Å². The van der Waals surface area contributed by atoms with Crippen LogP contribution in [0.5, 0.6) is 0 Å². The Labute approximate surface area is 148 Å². The summed E-state index contributed by atoms with van der Waals surface area (Å²) in [5.74, 6) is -0.773. The van der Waals surface area contributed by atoms with E-state index in [-0.39, 0.29) is 12.6 Å². The molecule has 1 unspecified atom stereocenters. The fraction of sp³-hybridized carbons (Fsp3) is 0.947. The number of carboxylic acids is 1. The van der Waals surface area contributed by atoms with Crippen molar-refractivity contribution in [1.82, 2.24) is 0 Å². The van der Waals surface area contributed by atoms with E-state index in [9.17, 15) is 4.79 Å². The first-order valence-corrected chi connectivity index (χ1v) is 9.75. The van der Waals surface area contributed by atoms with Crippen LogP contribution in [0, 0.1) is 0 Å². The Morgan fingerprint density at radius 1 is 0.917 bits per heavy atom. The molecule has 5 nitrogen and oxygen atoms in total. The van der Waals surface area contributed by atoms with Crippen LogP contribution in [0.2, 0.25) is 0 Å². The zero-order valence-corrected chi connectivity index (χ0v) is 16.1. The van der Waals surface area contributed by atoms with Crippen molar-refractivity contribution in [2.75, 3.05) is 27.2 Å². The molecule has 0 bridgehead atoms. The first-order chi connectivity index (χ1) is 11.4. The number of carboxylic acid groups (broad SMARTS) is 1. The molecule has 144 valence electrons. The molecular weight excluding hydrogens is 306 g/mol. The maximum atomic E-state index is 10.8. The highest BCUT2D eigenvalue weighted by atomic mass is 17.1. The van der Waals surface area contributed by atoms with Gasteiger partial charge in [0.15, 0.2) is 6.54 Å². The van der Waals surface area contributed by atoms with Crippen LogP contribution in [0.3, 0.4) is 0 Å². The summed E-state index contributed by atoms with van der Waals surface area (Å²) in [7, 11) is 3.84. The molecule has 24 heavy (non-hydrogen) atoms. The van der Waals surface area contributed by atoms with E-state index in [1.807, 2.05) is 14.1 Å². The summed E-state index contributed by atoms with van der Waals surface area (Å²) in [6.07, 6.45) is 14.0. The first kappa shape index (κ1) is 23.4.